The second-order valence-corrected chi connectivity index (χ2v) is 4.07. The summed E-state index contributed by atoms with van der Waals surface area (Å²) in [7, 11) is 0. The van der Waals surface area contributed by atoms with Gasteiger partial charge in [-0.25, -0.2) is 0 Å². The minimum absolute atomic E-state index is 0.369. The molecule has 0 saturated carbocycles. The van der Waals surface area contributed by atoms with E-state index in [9.17, 15) is 5.11 Å². The standard InChI is InChI=1S/C16H16O/c1-2-7-14-10-6-11-16(17)15(14)12-13-8-4-3-5-9-13/h2-6,8-11,17H,1,7,12H2. The van der Waals surface area contributed by atoms with E-state index in [2.05, 4.69) is 18.7 Å². The summed E-state index contributed by atoms with van der Waals surface area (Å²) in [5.74, 6) is 0.369. The molecule has 17 heavy (non-hydrogen) atoms. The Morgan fingerprint density at radius 3 is 2.47 bits per heavy atom. The highest BCUT2D eigenvalue weighted by Gasteiger charge is 2.07. The van der Waals surface area contributed by atoms with Gasteiger partial charge in [0.1, 0.15) is 5.75 Å². The normalized spacial score (nSPS) is 10.1. The van der Waals surface area contributed by atoms with Gasteiger partial charge in [-0.1, -0.05) is 48.5 Å². The number of aromatic hydroxyl groups is 1. The first-order valence-electron chi connectivity index (χ1n) is 5.76. The fraction of sp³-hybridized carbons (Fsp3) is 0.125. The zero-order chi connectivity index (χ0) is 12.1. The van der Waals surface area contributed by atoms with Crippen molar-refractivity contribution in [1.82, 2.24) is 0 Å². The van der Waals surface area contributed by atoms with Crippen molar-refractivity contribution in [2.45, 2.75) is 12.8 Å². The molecule has 0 bridgehead atoms. The quantitative estimate of drug-likeness (QED) is 0.785. The first-order chi connectivity index (χ1) is 8.31. The van der Waals surface area contributed by atoms with Gasteiger partial charge in [0, 0.05) is 12.0 Å². The molecule has 0 heterocycles. The molecule has 0 radical (unpaired) electrons. The molecule has 0 saturated heterocycles. The molecule has 1 N–H and O–H groups in total. The van der Waals surface area contributed by atoms with Crippen molar-refractivity contribution >= 4 is 0 Å². The molecule has 0 atom stereocenters. The van der Waals surface area contributed by atoms with Crippen LogP contribution in [-0.2, 0) is 12.8 Å². The van der Waals surface area contributed by atoms with E-state index in [1.54, 1.807) is 6.07 Å². The van der Waals surface area contributed by atoms with Crippen LogP contribution in [0, 0.1) is 0 Å². The average Bonchev–Trinajstić information content (AvgIpc) is 2.35. The maximum atomic E-state index is 9.94. The second kappa shape index (κ2) is 5.35. The maximum Gasteiger partial charge on any atom is 0.119 e. The van der Waals surface area contributed by atoms with Crippen LogP contribution in [0.1, 0.15) is 16.7 Å². The lowest BCUT2D eigenvalue weighted by atomic mass is 9.97. The molecule has 0 aliphatic rings. The second-order valence-electron chi connectivity index (χ2n) is 4.07. The van der Waals surface area contributed by atoms with E-state index in [4.69, 9.17) is 0 Å². The van der Waals surface area contributed by atoms with Crippen LogP contribution in [-0.4, -0.2) is 5.11 Å². The molecule has 2 aromatic rings. The fourth-order valence-corrected chi connectivity index (χ4v) is 1.97. The van der Waals surface area contributed by atoms with Crippen molar-refractivity contribution in [3.63, 3.8) is 0 Å². The Labute approximate surface area is 102 Å². The first kappa shape index (κ1) is 11.5. The largest absolute Gasteiger partial charge is 0.508 e. The molecular weight excluding hydrogens is 208 g/mol. The van der Waals surface area contributed by atoms with Crippen molar-refractivity contribution in [3.8, 4) is 5.75 Å². The summed E-state index contributed by atoms with van der Waals surface area (Å²) in [6.07, 6.45) is 3.41. The van der Waals surface area contributed by atoms with Crippen LogP contribution in [0.4, 0.5) is 0 Å². The van der Waals surface area contributed by atoms with Crippen molar-refractivity contribution in [3.05, 3.63) is 77.9 Å². The lowest BCUT2D eigenvalue weighted by molar-refractivity contribution is 0.468. The number of hydrogen-bond acceptors (Lipinski definition) is 1. The van der Waals surface area contributed by atoms with E-state index < -0.39 is 0 Å². The lowest BCUT2D eigenvalue weighted by Crippen LogP contribution is -1.95. The summed E-state index contributed by atoms with van der Waals surface area (Å²) in [5, 5.41) is 9.94. The summed E-state index contributed by atoms with van der Waals surface area (Å²) in [4.78, 5) is 0. The van der Waals surface area contributed by atoms with Crippen molar-refractivity contribution in [2.24, 2.45) is 0 Å². The Hall–Kier alpha value is -2.02. The summed E-state index contributed by atoms with van der Waals surface area (Å²) in [6, 6.07) is 15.8. The van der Waals surface area contributed by atoms with Crippen LogP contribution >= 0.6 is 0 Å². The van der Waals surface area contributed by atoms with E-state index in [-0.39, 0.29) is 0 Å². The third-order valence-electron chi connectivity index (χ3n) is 2.84. The van der Waals surface area contributed by atoms with E-state index in [0.29, 0.717) is 5.75 Å². The summed E-state index contributed by atoms with van der Waals surface area (Å²) < 4.78 is 0. The Kier molecular flexibility index (Phi) is 3.61. The Morgan fingerprint density at radius 1 is 1.00 bits per heavy atom. The monoisotopic (exact) mass is 224 g/mol. The minimum atomic E-state index is 0.369. The molecule has 0 fully saturated rings. The molecule has 2 rings (SSSR count). The van der Waals surface area contributed by atoms with Gasteiger partial charge in [-0.05, 0) is 23.6 Å². The predicted octanol–water partition coefficient (Wildman–Crippen LogP) is 3.71. The van der Waals surface area contributed by atoms with Crippen LogP contribution in [0.5, 0.6) is 5.75 Å². The highest BCUT2D eigenvalue weighted by Crippen LogP contribution is 2.24. The Morgan fingerprint density at radius 2 is 1.76 bits per heavy atom. The number of phenolic OH excluding ortho intramolecular Hbond substituents is 1. The van der Waals surface area contributed by atoms with Gasteiger partial charge in [-0.2, -0.15) is 0 Å². The maximum absolute atomic E-state index is 9.94. The number of hydrogen-bond donors (Lipinski definition) is 1. The van der Waals surface area contributed by atoms with Crippen LogP contribution in [0.3, 0.4) is 0 Å². The van der Waals surface area contributed by atoms with E-state index in [1.165, 1.54) is 5.56 Å². The van der Waals surface area contributed by atoms with Crippen molar-refractivity contribution in [1.29, 1.82) is 0 Å². The molecule has 1 heteroatoms. The molecule has 86 valence electrons. The van der Waals surface area contributed by atoms with E-state index in [1.807, 2.05) is 36.4 Å². The van der Waals surface area contributed by atoms with Gasteiger partial charge >= 0.3 is 0 Å². The molecule has 0 aliphatic carbocycles. The number of phenols is 1. The molecule has 0 amide bonds. The zero-order valence-electron chi connectivity index (χ0n) is 9.76. The number of allylic oxidation sites excluding steroid dienone is 1. The fourth-order valence-electron chi connectivity index (χ4n) is 1.97. The Bertz CT molecular complexity index is 500. The van der Waals surface area contributed by atoms with Crippen LogP contribution in [0.15, 0.2) is 61.2 Å². The lowest BCUT2D eigenvalue weighted by Gasteiger charge is -2.10. The van der Waals surface area contributed by atoms with Gasteiger partial charge in [0.2, 0.25) is 0 Å². The predicted molar refractivity (Wildman–Crippen MR) is 71.3 cm³/mol. The van der Waals surface area contributed by atoms with Gasteiger partial charge in [-0.15, -0.1) is 6.58 Å². The highest BCUT2D eigenvalue weighted by molar-refractivity contribution is 5.43. The summed E-state index contributed by atoms with van der Waals surface area (Å²) in [6.45, 7) is 3.75. The van der Waals surface area contributed by atoms with E-state index in [0.717, 1.165) is 24.0 Å². The number of benzene rings is 2. The molecule has 1 nitrogen and oxygen atoms in total. The molecule has 0 aliphatic heterocycles. The highest BCUT2D eigenvalue weighted by atomic mass is 16.3. The van der Waals surface area contributed by atoms with Gasteiger partial charge < -0.3 is 5.11 Å². The van der Waals surface area contributed by atoms with Gasteiger partial charge in [0.25, 0.3) is 0 Å². The molecule has 0 unspecified atom stereocenters. The van der Waals surface area contributed by atoms with Gasteiger partial charge in [0.15, 0.2) is 0 Å². The third-order valence-corrected chi connectivity index (χ3v) is 2.84. The Balaban J connectivity index is 2.34. The zero-order valence-corrected chi connectivity index (χ0v) is 9.76. The SMILES string of the molecule is C=CCc1cccc(O)c1Cc1ccccc1. The van der Waals surface area contributed by atoms with Crippen LogP contribution < -0.4 is 0 Å². The third kappa shape index (κ3) is 2.76. The molecule has 0 aromatic heterocycles. The minimum Gasteiger partial charge on any atom is -0.508 e. The average molecular weight is 224 g/mol. The van der Waals surface area contributed by atoms with Crippen molar-refractivity contribution in [2.75, 3.05) is 0 Å². The van der Waals surface area contributed by atoms with Crippen LogP contribution in [0.25, 0.3) is 0 Å². The van der Waals surface area contributed by atoms with Crippen LogP contribution in [0.2, 0.25) is 0 Å². The molecule has 2 aromatic carbocycles. The molecular formula is C16H16O. The van der Waals surface area contributed by atoms with Gasteiger partial charge in [0.05, 0.1) is 0 Å². The van der Waals surface area contributed by atoms with Crippen molar-refractivity contribution < 1.29 is 5.11 Å². The van der Waals surface area contributed by atoms with Gasteiger partial charge in [-0.3, -0.25) is 0 Å². The van der Waals surface area contributed by atoms with E-state index >= 15 is 0 Å². The number of rotatable bonds is 4. The summed E-state index contributed by atoms with van der Waals surface area (Å²) >= 11 is 0. The first-order valence-corrected chi connectivity index (χ1v) is 5.76. The summed E-state index contributed by atoms with van der Waals surface area (Å²) in [5.41, 5.74) is 3.35. The topological polar surface area (TPSA) is 20.2 Å². The molecule has 0 spiro atoms. The smallest absolute Gasteiger partial charge is 0.119 e.